The van der Waals surface area contributed by atoms with Crippen LogP contribution in [0.3, 0.4) is 0 Å². The Bertz CT molecular complexity index is 1030. The van der Waals surface area contributed by atoms with Gasteiger partial charge in [0.25, 0.3) is 5.91 Å². The molecule has 2 aromatic carbocycles. The zero-order chi connectivity index (χ0) is 20.4. The Hall–Kier alpha value is -2.84. The number of benzene rings is 2. The molecule has 0 unspecified atom stereocenters. The normalized spacial score (nSPS) is 14.2. The van der Waals surface area contributed by atoms with Gasteiger partial charge in [0.1, 0.15) is 11.6 Å². The lowest BCUT2D eigenvalue weighted by Crippen LogP contribution is -2.30. The molecule has 3 aromatic rings. The molecule has 0 saturated carbocycles. The Kier molecular flexibility index (Phi) is 6.79. The maximum Gasteiger partial charge on any atom is 0.278 e. The van der Waals surface area contributed by atoms with E-state index in [1.807, 2.05) is 6.92 Å². The van der Waals surface area contributed by atoms with E-state index in [9.17, 15) is 13.6 Å². The summed E-state index contributed by atoms with van der Waals surface area (Å²) in [6.07, 6.45) is 1.86. The molecule has 1 saturated heterocycles. The van der Waals surface area contributed by atoms with Gasteiger partial charge in [0, 0.05) is 11.3 Å². The van der Waals surface area contributed by atoms with Crippen molar-refractivity contribution < 1.29 is 13.6 Å². The lowest BCUT2D eigenvalue weighted by molar-refractivity contribution is 0.102. The second-order valence-electron chi connectivity index (χ2n) is 7.10. The molecule has 2 heterocycles. The SMILES string of the molecule is Cc1c(C(=O)Nc2ccc(F)cc2-c2ccc(F)cc2)nnn1C1CCNCC1.Cl. The highest BCUT2D eigenvalue weighted by Gasteiger charge is 2.23. The van der Waals surface area contributed by atoms with Crippen LogP contribution in [0.15, 0.2) is 42.5 Å². The molecule has 0 aliphatic carbocycles. The molecule has 9 heteroatoms. The van der Waals surface area contributed by atoms with Gasteiger partial charge < -0.3 is 10.6 Å². The number of hydrogen-bond acceptors (Lipinski definition) is 4. The van der Waals surface area contributed by atoms with Crippen LogP contribution in [-0.4, -0.2) is 34.0 Å². The van der Waals surface area contributed by atoms with Crippen molar-refractivity contribution in [3.8, 4) is 11.1 Å². The van der Waals surface area contributed by atoms with Crippen molar-refractivity contribution in [3.05, 3.63) is 65.5 Å². The predicted molar refractivity (Wildman–Crippen MR) is 113 cm³/mol. The maximum atomic E-state index is 13.8. The summed E-state index contributed by atoms with van der Waals surface area (Å²) in [5.41, 5.74) is 2.40. The molecule has 0 bridgehead atoms. The van der Waals surface area contributed by atoms with Gasteiger partial charge in [-0.25, -0.2) is 13.5 Å². The first-order valence-electron chi connectivity index (χ1n) is 9.52. The molecule has 1 aromatic heterocycles. The number of aromatic nitrogens is 3. The van der Waals surface area contributed by atoms with Gasteiger partial charge in [-0.15, -0.1) is 17.5 Å². The predicted octanol–water partition coefficient (Wildman–Crippen LogP) is 4.13. The second-order valence-corrected chi connectivity index (χ2v) is 7.10. The standard InChI is InChI=1S/C21H21F2N5O.ClH/c1-13-20(26-27-28(13)17-8-10-24-11-9-17)21(29)25-19-7-6-16(23)12-18(19)14-2-4-15(22)5-3-14;/h2-7,12,17,24H,8-11H2,1H3,(H,25,29);1H. The van der Waals surface area contributed by atoms with Gasteiger partial charge in [-0.1, -0.05) is 17.3 Å². The fourth-order valence-corrected chi connectivity index (χ4v) is 3.62. The molecular weight excluding hydrogens is 412 g/mol. The van der Waals surface area contributed by atoms with E-state index in [1.54, 1.807) is 16.8 Å². The highest BCUT2D eigenvalue weighted by Crippen LogP contribution is 2.30. The van der Waals surface area contributed by atoms with E-state index in [1.165, 1.54) is 30.3 Å². The van der Waals surface area contributed by atoms with Crippen LogP contribution >= 0.6 is 12.4 Å². The summed E-state index contributed by atoms with van der Waals surface area (Å²) < 4.78 is 28.9. The summed E-state index contributed by atoms with van der Waals surface area (Å²) in [5.74, 6) is -1.26. The number of nitrogens with one attached hydrogen (secondary N) is 2. The minimum atomic E-state index is -0.449. The summed E-state index contributed by atoms with van der Waals surface area (Å²) in [4.78, 5) is 12.9. The fourth-order valence-electron chi connectivity index (χ4n) is 3.62. The highest BCUT2D eigenvalue weighted by molar-refractivity contribution is 6.05. The number of piperidine rings is 1. The maximum absolute atomic E-state index is 13.8. The molecule has 0 spiro atoms. The van der Waals surface area contributed by atoms with Gasteiger partial charge in [0.05, 0.1) is 11.7 Å². The Morgan fingerprint density at radius 2 is 1.77 bits per heavy atom. The fraction of sp³-hybridized carbons (Fsp3) is 0.286. The quantitative estimate of drug-likeness (QED) is 0.649. The highest BCUT2D eigenvalue weighted by atomic mass is 35.5. The summed E-state index contributed by atoms with van der Waals surface area (Å²) in [6.45, 7) is 3.63. The van der Waals surface area contributed by atoms with E-state index < -0.39 is 11.7 Å². The van der Waals surface area contributed by atoms with E-state index in [0.717, 1.165) is 25.9 Å². The molecule has 30 heavy (non-hydrogen) atoms. The number of hydrogen-bond donors (Lipinski definition) is 2. The summed E-state index contributed by atoms with van der Waals surface area (Å²) in [7, 11) is 0. The summed E-state index contributed by atoms with van der Waals surface area (Å²) in [5, 5.41) is 14.4. The smallest absolute Gasteiger partial charge is 0.278 e. The molecular formula is C21H22ClF2N5O. The first-order valence-corrected chi connectivity index (χ1v) is 9.52. The number of halogens is 3. The van der Waals surface area contributed by atoms with E-state index in [-0.39, 0.29) is 30.0 Å². The van der Waals surface area contributed by atoms with Crippen LogP contribution in [0, 0.1) is 18.6 Å². The topological polar surface area (TPSA) is 71.8 Å². The summed E-state index contributed by atoms with van der Waals surface area (Å²) in [6, 6.07) is 9.94. The largest absolute Gasteiger partial charge is 0.320 e. The molecule has 1 aliphatic rings. The van der Waals surface area contributed by atoms with E-state index in [0.29, 0.717) is 22.5 Å². The van der Waals surface area contributed by atoms with E-state index in [4.69, 9.17) is 0 Å². The zero-order valence-corrected chi connectivity index (χ0v) is 17.2. The van der Waals surface area contributed by atoms with Crippen molar-refractivity contribution in [2.45, 2.75) is 25.8 Å². The van der Waals surface area contributed by atoms with Crippen molar-refractivity contribution in [2.75, 3.05) is 18.4 Å². The Balaban J connectivity index is 0.00000256. The van der Waals surface area contributed by atoms with Crippen molar-refractivity contribution in [2.24, 2.45) is 0 Å². The van der Waals surface area contributed by atoms with Gasteiger partial charge in [0.2, 0.25) is 0 Å². The van der Waals surface area contributed by atoms with Gasteiger partial charge in [-0.3, -0.25) is 4.79 Å². The average Bonchev–Trinajstić information content (AvgIpc) is 3.12. The number of rotatable bonds is 4. The number of carbonyl (C=O) groups is 1. The zero-order valence-electron chi connectivity index (χ0n) is 16.4. The average molecular weight is 434 g/mol. The molecule has 0 radical (unpaired) electrons. The van der Waals surface area contributed by atoms with Crippen LogP contribution in [-0.2, 0) is 0 Å². The second kappa shape index (κ2) is 9.32. The van der Waals surface area contributed by atoms with Gasteiger partial charge in [0.15, 0.2) is 5.69 Å². The summed E-state index contributed by atoms with van der Waals surface area (Å²) >= 11 is 0. The van der Waals surface area contributed by atoms with Crippen LogP contribution < -0.4 is 10.6 Å². The Labute approximate surface area is 179 Å². The lowest BCUT2D eigenvalue weighted by Gasteiger charge is -2.23. The molecule has 4 rings (SSSR count). The molecule has 1 amide bonds. The third-order valence-electron chi connectivity index (χ3n) is 5.18. The third kappa shape index (κ3) is 4.49. The number of anilines is 1. The van der Waals surface area contributed by atoms with E-state index >= 15 is 0 Å². The lowest BCUT2D eigenvalue weighted by atomic mass is 10.0. The van der Waals surface area contributed by atoms with E-state index in [2.05, 4.69) is 20.9 Å². The molecule has 0 atom stereocenters. The van der Waals surface area contributed by atoms with Gasteiger partial charge in [-0.05, 0) is 68.8 Å². The molecule has 2 N–H and O–H groups in total. The first kappa shape index (κ1) is 21.9. The molecule has 1 aliphatic heterocycles. The molecule has 1 fully saturated rings. The van der Waals surface area contributed by atoms with Crippen LogP contribution in [0.4, 0.5) is 14.5 Å². The van der Waals surface area contributed by atoms with Crippen molar-refractivity contribution in [1.82, 2.24) is 20.3 Å². The third-order valence-corrected chi connectivity index (χ3v) is 5.18. The van der Waals surface area contributed by atoms with Gasteiger partial charge in [-0.2, -0.15) is 0 Å². The molecule has 158 valence electrons. The van der Waals surface area contributed by atoms with Crippen LogP contribution in [0.25, 0.3) is 11.1 Å². The minimum absolute atomic E-state index is 0. The minimum Gasteiger partial charge on any atom is -0.320 e. The Morgan fingerprint density at radius 3 is 2.47 bits per heavy atom. The first-order chi connectivity index (χ1) is 14.0. The van der Waals surface area contributed by atoms with Crippen LogP contribution in [0.2, 0.25) is 0 Å². The van der Waals surface area contributed by atoms with Crippen molar-refractivity contribution >= 4 is 24.0 Å². The van der Waals surface area contributed by atoms with Crippen molar-refractivity contribution in [3.63, 3.8) is 0 Å². The molecule has 6 nitrogen and oxygen atoms in total. The van der Waals surface area contributed by atoms with Gasteiger partial charge >= 0.3 is 0 Å². The van der Waals surface area contributed by atoms with Crippen LogP contribution in [0.1, 0.15) is 35.1 Å². The van der Waals surface area contributed by atoms with Crippen LogP contribution in [0.5, 0.6) is 0 Å². The number of nitrogens with zero attached hydrogens (tertiary/aromatic N) is 3. The monoisotopic (exact) mass is 433 g/mol. The van der Waals surface area contributed by atoms with Crippen molar-refractivity contribution in [1.29, 1.82) is 0 Å². The number of carbonyl (C=O) groups excluding carboxylic acids is 1. The Morgan fingerprint density at radius 1 is 1.10 bits per heavy atom. The number of amides is 1.